The summed E-state index contributed by atoms with van der Waals surface area (Å²) in [5.41, 5.74) is 0.603. The third-order valence-electron chi connectivity index (χ3n) is 2.63. The average molecular weight is 263 g/mol. The van der Waals surface area contributed by atoms with E-state index >= 15 is 0 Å². The summed E-state index contributed by atoms with van der Waals surface area (Å²) in [6.45, 7) is 0. The number of ether oxygens (including phenoxy) is 3. The van der Waals surface area contributed by atoms with Gasteiger partial charge in [0.1, 0.15) is 6.10 Å². The minimum Gasteiger partial charge on any atom is -0.466 e. The minimum absolute atomic E-state index is 0.0442. The maximum absolute atomic E-state index is 11.4. The summed E-state index contributed by atoms with van der Waals surface area (Å²) in [5.74, 6) is -0.320. The fourth-order valence-electron chi connectivity index (χ4n) is 1.93. The van der Waals surface area contributed by atoms with Gasteiger partial charge in [0.2, 0.25) is 0 Å². The van der Waals surface area contributed by atoms with E-state index in [0.29, 0.717) is 5.57 Å². The van der Waals surface area contributed by atoms with E-state index in [2.05, 4.69) is 20.7 Å². The van der Waals surface area contributed by atoms with Gasteiger partial charge >= 0.3 is 5.97 Å². The average Bonchev–Trinajstić information content (AvgIpc) is 2.73. The third-order valence-corrected chi connectivity index (χ3v) is 3.51. The zero-order valence-electron chi connectivity index (χ0n) is 7.95. The van der Waals surface area contributed by atoms with Crippen LogP contribution in [0.25, 0.3) is 0 Å². The molecule has 1 saturated heterocycles. The molecule has 0 spiro atoms. The first-order chi connectivity index (χ1) is 6.69. The lowest BCUT2D eigenvalue weighted by molar-refractivity contribution is -0.137. The molecule has 0 radical (unpaired) electrons. The van der Waals surface area contributed by atoms with Gasteiger partial charge in [0.15, 0.2) is 0 Å². The van der Waals surface area contributed by atoms with E-state index in [1.807, 2.05) is 0 Å². The van der Waals surface area contributed by atoms with Crippen LogP contribution in [0.2, 0.25) is 0 Å². The van der Waals surface area contributed by atoms with E-state index in [-0.39, 0.29) is 24.3 Å². The zero-order chi connectivity index (χ0) is 10.3. The van der Waals surface area contributed by atoms with Crippen molar-refractivity contribution in [3.63, 3.8) is 0 Å². The Morgan fingerprint density at radius 2 is 2.29 bits per heavy atom. The molecule has 4 nitrogen and oxygen atoms in total. The van der Waals surface area contributed by atoms with Crippen LogP contribution < -0.4 is 0 Å². The highest BCUT2D eigenvalue weighted by molar-refractivity contribution is 9.11. The molecule has 0 aromatic carbocycles. The quantitative estimate of drug-likeness (QED) is 0.697. The Hall–Kier alpha value is -0.390. The molecule has 78 valence electrons. The second-order valence-electron chi connectivity index (χ2n) is 3.31. The van der Waals surface area contributed by atoms with Gasteiger partial charge in [0.05, 0.1) is 24.9 Å². The lowest BCUT2D eigenvalue weighted by Crippen LogP contribution is -2.27. The normalized spacial score (nSPS) is 35.2. The maximum Gasteiger partial charge on any atom is 0.337 e. The van der Waals surface area contributed by atoms with Crippen molar-refractivity contribution in [2.75, 3.05) is 14.2 Å². The molecule has 3 unspecified atom stereocenters. The van der Waals surface area contributed by atoms with Gasteiger partial charge in [-0.2, -0.15) is 0 Å². The molecule has 5 heteroatoms. The molecule has 0 aliphatic carbocycles. The highest BCUT2D eigenvalue weighted by atomic mass is 79.9. The summed E-state index contributed by atoms with van der Waals surface area (Å²) in [6, 6.07) is 0. The summed E-state index contributed by atoms with van der Waals surface area (Å²) in [5, 5.41) is 0. The molecule has 2 aliphatic heterocycles. The van der Waals surface area contributed by atoms with E-state index in [1.54, 1.807) is 7.11 Å². The molecule has 2 rings (SSSR count). The maximum atomic E-state index is 11.4. The van der Waals surface area contributed by atoms with Crippen molar-refractivity contribution in [1.29, 1.82) is 0 Å². The topological polar surface area (TPSA) is 44.8 Å². The number of carbonyl (C=O) groups excluding carboxylic acids is 1. The Kier molecular flexibility index (Phi) is 2.64. The first-order valence-electron chi connectivity index (χ1n) is 4.35. The van der Waals surface area contributed by atoms with E-state index in [4.69, 9.17) is 9.47 Å². The van der Waals surface area contributed by atoms with Crippen LogP contribution >= 0.6 is 15.9 Å². The number of esters is 1. The van der Waals surface area contributed by atoms with E-state index < -0.39 is 0 Å². The molecular formula is C9H11BrO4. The summed E-state index contributed by atoms with van der Waals surface area (Å²) >= 11 is 3.36. The highest BCUT2D eigenvalue weighted by Gasteiger charge is 2.49. The molecule has 0 amide bonds. The lowest BCUT2D eigenvalue weighted by atomic mass is 9.97. The molecule has 2 aliphatic rings. The van der Waals surface area contributed by atoms with Crippen LogP contribution in [-0.4, -0.2) is 38.5 Å². The van der Waals surface area contributed by atoms with E-state index in [0.717, 1.165) is 10.9 Å². The summed E-state index contributed by atoms with van der Waals surface area (Å²) in [4.78, 5) is 11.4. The second kappa shape index (κ2) is 3.64. The molecule has 2 heterocycles. The number of halogens is 1. The van der Waals surface area contributed by atoms with Gasteiger partial charge in [0.25, 0.3) is 0 Å². The van der Waals surface area contributed by atoms with Crippen LogP contribution in [0.1, 0.15) is 6.42 Å². The Balaban J connectivity index is 2.25. The predicted molar refractivity (Wildman–Crippen MR) is 52.0 cm³/mol. The van der Waals surface area contributed by atoms with Crippen LogP contribution in [0, 0.1) is 0 Å². The van der Waals surface area contributed by atoms with Crippen LogP contribution in [0.4, 0.5) is 0 Å². The van der Waals surface area contributed by atoms with Gasteiger partial charge in [-0.1, -0.05) is 15.9 Å². The number of rotatable bonds is 2. The highest BCUT2D eigenvalue weighted by Crippen LogP contribution is 2.43. The molecule has 0 N–H and O–H groups in total. The molecule has 14 heavy (non-hydrogen) atoms. The van der Waals surface area contributed by atoms with Crippen molar-refractivity contribution in [1.82, 2.24) is 0 Å². The largest absolute Gasteiger partial charge is 0.466 e. The van der Waals surface area contributed by atoms with Crippen molar-refractivity contribution in [3.8, 4) is 0 Å². The second-order valence-corrected chi connectivity index (χ2v) is 4.16. The Labute approximate surface area is 90.3 Å². The minimum atomic E-state index is -0.320. The number of carbonyl (C=O) groups is 1. The van der Waals surface area contributed by atoms with Gasteiger partial charge in [-0.05, 0) is 0 Å². The van der Waals surface area contributed by atoms with Crippen molar-refractivity contribution in [2.24, 2.45) is 0 Å². The smallest absolute Gasteiger partial charge is 0.337 e. The Morgan fingerprint density at radius 3 is 2.79 bits per heavy atom. The van der Waals surface area contributed by atoms with Gasteiger partial charge in [-0.15, -0.1) is 0 Å². The fraction of sp³-hybridized carbons (Fsp3) is 0.667. The van der Waals surface area contributed by atoms with Gasteiger partial charge < -0.3 is 14.2 Å². The van der Waals surface area contributed by atoms with Crippen LogP contribution in [0.3, 0.4) is 0 Å². The van der Waals surface area contributed by atoms with Crippen LogP contribution in [0.15, 0.2) is 10.1 Å². The van der Waals surface area contributed by atoms with Crippen molar-refractivity contribution < 1.29 is 19.0 Å². The van der Waals surface area contributed by atoms with Crippen LogP contribution in [0.5, 0.6) is 0 Å². The van der Waals surface area contributed by atoms with Crippen molar-refractivity contribution in [3.05, 3.63) is 10.1 Å². The van der Waals surface area contributed by atoms with Crippen LogP contribution in [-0.2, 0) is 19.0 Å². The molecule has 2 bridgehead atoms. The number of fused-ring (bicyclic) bond motifs is 2. The Morgan fingerprint density at radius 1 is 1.57 bits per heavy atom. The molecule has 0 aromatic heterocycles. The third kappa shape index (κ3) is 1.31. The standard InChI is InChI=1S/C9H11BrO4/c1-12-5-3-4-6(9(11)13-2)7(10)8(5)14-4/h4-5,8H,3H2,1-2H3. The SMILES string of the molecule is COC(=O)C1=C(Br)C2OC1CC2OC. The number of hydrogen-bond donors (Lipinski definition) is 0. The molecular weight excluding hydrogens is 252 g/mol. The molecule has 3 atom stereocenters. The summed E-state index contributed by atoms with van der Waals surface area (Å²) in [7, 11) is 3.02. The van der Waals surface area contributed by atoms with E-state index in [1.165, 1.54) is 7.11 Å². The van der Waals surface area contributed by atoms with Gasteiger partial charge in [-0.3, -0.25) is 0 Å². The Bertz CT molecular complexity index is 299. The first kappa shape index (κ1) is 10.1. The molecule has 1 fully saturated rings. The zero-order valence-corrected chi connectivity index (χ0v) is 9.54. The van der Waals surface area contributed by atoms with E-state index in [9.17, 15) is 4.79 Å². The fourth-order valence-corrected chi connectivity index (χ4v) is 2.75. The lowest BCUT2D eigenvalue weighted by Gasteiger charge is -2.18. The number of methoxy groups -OCH3 is 2. The summed E-state index contributed by atoms with van der Waals surface area (Å²) in [6.07, 6.45) is 0.453. The van der Waals surface area contributed by atoms with Gasteiger partial charge in [0, 0.05) is 18.0 Å². The molecule has 0 aromatic rings. The van der Waals surface area contributed by atoms with Crippen molar-refractivity contribution >= 4 is 21.9 Å². The van der Waals surface area contributed by atoms with Gasteiger partial charge in [-0.25, -0.2) is 4.79 Å². The van der Waals surface area contributed by atoms with Crippen molar-refractivity contribution in [2.45, 2.75) is 24.7 Å². The summed E-state index contributed by atoms with van der Waals surface area (Å²) < 4.78 is 16.3. The first-order valence-corrected chi connectivity index (χ1v) is 5.14. The molecule has 0 saturated carbocycles. The predicted octanol–water partition coefficient (Wildman–Crippen LogP) is 0.994. The monoisotopic (exact) mass is 262 g/mol. The number of hydrogen-bond acceptors (Lipinski definition) is 4.